The van der Waals surface area contributed by atoms with Crippen molar-refractivity contribution in [2.45, 2.75) is 19.0 Å². The van der Waals surface area contributed by atoms with Crippen molar-refractivity contribution in [1.82, 2.24) is 5.32 Å². The summed E-state index contributed by atoms with van der Waals surface area (Å²) in [6.45, 7) is 1.52. The van der Waals surface area contributed by atoms with E-state index in [4.69, 9.17) is 10.2 Å². The van der Waals surface area contributed by atoms with Crippen LogP contribution >= 0.6 is 15.9 Å². The van der Waals surface area contributed by atoms with Gasteiger partial charge in [-0.2, -0.15) is 0 Å². The van der Waals surface area contributed by atoms with Gasteiger partial charge in [0.05, 0.1) is 18.8 Å². The lowest BCUT2D eigenvalue weighted by Gasteiger charge is -2.26. The highest BCUT2D eigenvalue weighted by atomic mass is 79.9. The van der Waals surface area contributed by atoms with Gasteiger partial charge in [-0.25, -0.2) is 4.39 Å². The van der Waals surface area contributed by atoms with E-state index in [9.17, 15) is 4.39 Å². The fraction of sp³-hybridized carbons (Fsp3) is 0.455. The van der Waals surface area contributed by atoms with Crippen molar-refractivity contribution >= 4 is 15.9 Å². The number of aliphatic hydroxyl groups is 2. The maximum atomic E-state index is 13.4. The second-order valence-corrected chi connectivity index (χ2v) is 4.88. The Bertz CT molecular complexity index is 356. The Balaban J connectivity index is 2.67. The van der Waals surface area contributed by atoms with E-state index < -0.39 is 5.54 Å². The van der Waals surface area contributed by atoms with Gasteiger partial charge in [0.1, 0.15) is 5.82 Å². The maximum absolute atomic E-state index is 13.4. The van der Waals surface area contributed by atoms with Crippen LogP contribution < -0.4 is 5.32 Å². The van der Waals surface area contributed by atoms with Crippen LogP contribution in [0.3, 0.4) is 0 Å². The van der Waals surface area contributed by atoms with Gasteiger partial charge in [-0.3, -0.25) is 0 Å². The van der Waals surface area contributed by atoms with E-state index in [0.29, 0.717) is 10.0 Å². The van der Waals surface area contributed by atoms with Gasteiger partial charge >= 0.3 is 0 Å². The summed E-state index contributed by atoms with van der Waals surface area (Å²) in [5.74, 6) is -0.319. The molecule has 1 aromatic rings. The van der Waals surface area contributed by atoms with Crippen LogP contribution in [0.25, 0.3) is 0 Å². The van der Waals surface area contributed by atoms with E-state index in [1.807, 2.05) is 0 Å². The zero-order valence-electron chi connectivity index (χ0n) is 9.00. The van der Waals surface area contributed by atoms with Crippen molar-refractivity contribution in [3.05, 3.63) is 34.1 Å². The fourth-order valence-corrected chi connectivity index (χ4v) is 1.47. The molecule has 0 heterocycles. The Morgan fingerprint density at radius 2 is 2.00 bits per heavy atom. The molecule has 3 nitrogen and oxygen atoms in total. The molecule has 0 spiro atoms. The molecule has 0 aliphatic carbocycles. The Kier molecular flexibility index (Phi) is 4.86. The highest BCUT2D eigenvalue weighted by molar-refractivity contribution is 9.10. The highest BCUT2D eigenvalue weighted by Gasteiger charge is 2.21. The van der Waals surface area contributed by atoms with E-state index in [1.54, 1.807) is 19.1 Å². The molecule has 0 saturated heterocycles. The Morgan fingerprint density at radius 3 is 2.50 bits per heavy atom. The zero-order chi connectivity index (χ0) is 12.2. The van der Waals surface area contributed by atoms with E-state index >= 15 is 0 Å². The van der Waals surface area contributed by atoms with Crippen molar-refractivity contribution in [1.29, 1.82) is 0 Å². The second-order valence-electron chi connectivity index (χ2n) is 3.97. The molecular formula is C11H15BrFNO2. The number of hydrogen-bond donors (Lipinski definition) is 3. The normalized spacial score (nSPS) is 11.8. The lowest BCUT2D eigenvalue weighted by Crippen LogP contribution is -2.48. The van der Waals surface area contributed by atoms with Crippen LogP contribution in [-0.4, -0.2) is 29.0 Å². The van der Waals surface area contributed by atoms with Gasteiger partial charge in [0.15, 0.2) is 0 Å². The number of halogens is 2. The molecule has 0 fully saturated rings. The number of nitrogens with one attached hydrogen (secondary N) is 1. The molecule has 0 atom stereocenters. The summed E-state index contributed by atoms with van der Waals surface area (Å²) in [6.07, 6.45) is 0. The monoisotopic (exact) mass is 291 g/mol. The molecule has 16 heavy (non-hydrogen) atoms. The summed E-state index contributed by atoms with van der Waals surface area (Å²) in [5.41, 5.74) is -0.296. The van der Waals surface area contributed by atoms with Crippen LogP contribution in [0.15, 0.2) is 22.7 Å². The minimum atomic E-state index is -0.792. The van der Waals surface area contributed by atoms with E-state index in [-0.39, 0.29) is 25.6 Å². The average Bonchev–Trinajstić information content (AvgIpc) is 2.27. The molecule has 0 saturated carbocycles. The van der Waals surface area contributed by atoms with Gasteiger partial charge in [-0.05, 0) is 19.1 Å². The third-order valence-electron chi connectivity index (χ3n) is 2.42. The smallest absolute Gasteiger partial charge is 0.128 e. The van der Waals surface area contributed by atoms with Crippen molar-refractivity contribution in [2.75, 3.05) is 13.2 Å². The lowest BCUT2D eigenvalue weighted by molar-refractivity contribution is 0.103. The van der Waals surface area contributed by atoms with Gasteiger partial charge < -0.3 is 15.5 Å². The molecule has 0 radical (unpaired) electrons. The third-order valence-corrected chi connectivity index (χ3v) is 2.91. The summed E-state index contributed by atoms with van der Waals surface area (Å²) in [7, 11) is 0. The van der Waals surface area contributed by atoms with E-state index in [2.05, 4.69) is 21.2 Å². The largest absolute Gasteiger partial charge is 0.394 e. The molecule has 5 heteroatoms. The Labute approximate surface area is 102 Å². The van der Waals surface area contributed by atoms with Crippen LogP contribution in [0, 0.1) is 5.82 Å². The molecule has 0 aliphatic heterocycles. The first-order chi connectivity index (χ1) is 7.50. The summed E-state index contributed by atoms with van der Waals surface area (Å²) < 4.78 is 14.1. The summed E-state index contributed by atoms with van der Waals surface area (Å²) >= 11 is 3.17. The summed E-state index contributed by atoms with van der Waals surface area (Å²) in [4.78, 5) is 0. The van der Waals surface area contributed by atoms with Crippen LogP contribution in [-0.2, 0) is 6.54 Å². The highest BCUT2D eigenvalue weighted by Crippen LogP contribution is 2.15. The number of hydrogen-bond acceptors (Lipinski definition) is 3. The van der Waals surface area contributed by atoms with Gasteiger partial charge in [-0.1, -0.05) is 22.0 Å². The predicted octanol–water partition coefficient (Wildman–Crippen LogP) is 1.42. The molecule has 0 bridgehead atoms. The van der Waals surface area contributed by atoms with Crippen molar-refractivity contribution in [2.24, 2.45) is 0 Å². The van der Waals surface area contributed by atoms with Crippen LogP contribution in [0.2, 0.25) is 0 Å². The van der Waals surface area contributed by atoms with Gasteiger partial charge in [0.2, 0.25) is 0 Å². The number of aliphatic hydroxyl groups excluding tert-OH is 2. The molecule has 0 unspecified atom stereocenters. The number of rotatable bonds is 5. The van der Waals surface area contributed by atoms with E-state index in [0.717, 1.165) is 0 Å². The fourth-order valence-electron chi connectivity index (χ4n) is 1.14. The van der Waals surface area contributed by atoms with Crippen LogP contribution in [0.1, 0.15) is 12.5 Å². The molecule has 3 N–H and O–H groups in total. The van der Waals surface area contributed by atoms with Crippen molar-refractivity contribution in [3.63, 3.8) is 0 Å². The minimum absolute atomic E-state index is 0.207. The van der Waals surface area contributed by atoms with Crippen molar-refractivity contribution < 1.29 is 14.6 Å². The molecule has 0 amide bonds. The first kappa shape index (κ1) is 13.6. The van der Waals surface area contributed by atoms with E-state index in [1.165, 1.54) is 6.07 Å². The molecule has 1 aromatic carbocycles. The first-order valence-corrected chi connectivity index (χ1v) is 5.71. The van der Waals surface area contributed by atoms with Gasteiger partial charge in [0.25, 0.3) is 0 Å². The molecule has 1 rings (SSSR count). The summed E-state index contributed by atoms with van der Waals surface area (Å²) in [6, 6.07) is 4.78. The lowest BCUT2D eigenvalue weighted by atomic mass is 10.0. The maximum Gasteiger partial charge on any atom is 0.128 e. The minimum Gasteiger partial charge on any atom is -0.394 e. The van der Waals surface area contributed by atoms with Crippen LogP contribution in [0.4, 0.5) is 4.39 Å². The first-order valence-electron chi connectivity index (χ1n) is 4.91. The second kappa shape index (κ2) is 5.72. The molecule has 0 aromatic heterocycles. The topological polar surface area (TPSA) is 52.5 Å². The average molecular weight is 292 g/mol. The van der Waals surface area contributed by atoms with Crippen LogP contribution in [0.5, 0.6) is 0 Å². The number of benzene rings is 1. The molecule has 0 aliphatic rings. The third kappa shape index (κ3) is 3.52. The SMILES string of the molecule is CC(CO)(CO)NCc1ccc(Br)cc1F. The quantitative estimate of drug-likeness (QED) is 0.769. The molecule has 90 valence electrons. The Hall–Kier alpha value is -0.490. The predicted molar refractivity (Wildman–Crippen MR) is 63.5 cm³/mol. The zero-order valence-corrected chi connectivity index (χ0v) is 10.6. The Morgan fingerprint density at radius 1 is 1.38 bits per heavy atom. The van der Waals surface area contributed by atoms with Gasteiger partial charge in [0, 0.05) is 16.6 Å². The van der Waals surface area contributed by atoms with Gasteiger partial charge in [-0.15, -0.1) is 0 Å². The van der Waals surface area contributed by atoms with Crippen molar-refractivity contribution in [3.8, 4) is 0 Å². The standard InChI is InChI=1S/C11H15BrFNO2/c1-11(6-15,7-16)14-5-8-2-3-9(12)4-10(8)13/h2-4,14-16H,5-7H2,1H3. The summed E-state index contributed by atoms with van der Waals surface area (Å²) in [5, 5.41) is 21.0. The molecular weight excluding hydrogens is 277 g/mol.